The van der Waals surface area contributed by atoms with E-state index < -0.39 is 0 Å². The zero-order chi connectivity index (χ0) is 17.4. The van der Waals surface area contributed by atoms with Gasteiger partial charge < -0.3 is 10.6 Å². The number of benzene rings is 1. The molecule has 4 fully saturated rings. The van der Waals surface area contributed by atoms with Crippen LogP contribution in [0.25, 0.3) is 0 Å². The van der Waals surface area contributed by atoms with Crippen LogP contribution in [0.3, 0.4) is 0 Å². The van der Waals surface area contributed by atoms with E-state index in [2.05, 4.69) is 48.7 Å². The molecule has 3 heteroatoms. The van der Waals surface area contributed by atoms with E-state index in [4.69, 9.17) is 0 Å². The molecule has 5 rings (SSSR count). The Morgan fingerprint density at radius 3 is 2.32 bits per heavy atom. The van der Waals surface area contributed by atoms with Crippen molar-refractivity contribution >= 4 is 6.03 Å². The number of amides is 2. The van der Waals surface area contributed by atoms with E-state index in [0.29, 0.717) is 18.0 Å². The average molecular weight is 341 g/mol. The van der Waals surface area contributed by atoms with Crippen molar-refractivity contribution in [2.45, 2.75) is 64.8 Å². The first-order valence-electron chi connectivity index (χ1n) is 10.1. The Balaban J connectivity index is 1.28. The summed E-state index contributed by atoms with van der Waals surface area (Å²) in [5.41, 5.74) is 2.99. The van der Waals surface area contributed by atoms with Crippen molar-refractivity contribution in [2.75, 3.05) is 6.54 Å². The third-order valence-electron chi connectivity index (χ3n) is 7.29. The number of aryl methyl sites for hydroxylation is 1. The summed E-state index contributed by atoms with van der Waals surface area (Å²) in [6.07, 6.45) is 9.26. The number of nitrogens with one attached hydrogen (secondary N) is 2. The largest absolute Gasteiger partial charge is 0.338 e. The van der Waals surface area contributed by atoms with Gasteiger partial charge in [-0.3, -0.25) is 0 Å². The van der Waals surface area contributed by atoms with Crippen LogP contribution in [-0.4, -0.2) is 18.6 Å². The SMILES string of the molecule is Cc1ccccc1CCNC(=O)NC(C)C12CC3CC(CC(C3)C1)C2. The Kier molecular flexibility index (Phi) is 4.51. The Morgan fingerprint density at radius 2 is 1.72 bits per heavy atom. The van der Waals surface area contributed by atoms with Gasteiger partial charge in [0.25, 0.3) is 0 Å². The molecule has 0 heterocycles. The molecule has 0 radical (unpaired) electrons. The minimum Gasteiger partial charge on any atom is -0.338 e. The van der Waals surface area contributed by atoms with E-state index in [1.54, 1.807) is 0 Å². The molecule has 2 N–H and O–H groups in total. The van der Waals surface area contributed by atoms with Crippen LogP contribution in [0.4, 0.5) is 4.79 Å². The summed E-state index contributed by atoms with van der Waals surface area (Å²) < 4.78 is 0. The fourth-order valence-corrected chi connectivity index (χ4v) is 6.31. The Hall–Kier alpha value is -1.51. The monoisotopic (exact) mass is 340 g/mol. The second-order valence-corrected chi connectivity index (χ2v) is 9.08. The highest BCUT2D eigenvalue weighted by Gasteiger charge is 2.53. The van der Waals surface area contributed by atoms with Crippen LogP contribution in [-0.2, 0) is 6.42 Å². The molecule has 1 unspecified atom stereocenters. The molecule has 4 saturated carbocycles. The maximum absolute atomic E-state index is 12.4. The summed E-state index contributed by atoms with van der Waals surface area (Å²) in [5, 5.41) is 6.36. The molecule has 4 bridgehead atoms. The van der Waals surface area contributed by atoms with Gasteiger partial charge in [-0.1, -0.05) is 24.3 Å². The van der Waals surface area contributed by atoms with Crippen molar-refractivity contribution < 1.29 is 4.79 Å². The van der Waals surface area contributed by atoms with Crippen molar-refractivity contribution in [3.63, 3.8) is 0 Å². The highest BCUT2D eigenvalue weighted by molar-refractivity contribution is 5.74. The lowest BCUT2D eigenvalue weighted by molar-refractivity contribution is -0.0682. The Morgan fingerprint density at radius 1 is 1.12 bits per heavy atom. The predicted octanol–water partition coefficient (Wildman–Crippen LogP) is 4.44. The zero-order valence-corrected chi connectivity index (χ0v) is 15.7. The summed E-state index contributed by atoms with van der Waals surface area (Å²) in [5.74, 6) is 2.79. The molecule has 4 aliphatic rings. The van der Waals surface area contributed by atoms with Gasteiger partial charge in [-0.2, -0.15) is 0 Å². The van der Waals surface area contributed by atoms with Crippen molar-refractivity contribution in [3.05, 3.63) is 35.4 Å². The van der Waals surface area contributed by atoms with E-state index in [0.717, 1.165) is 24.2 Å². The number of carbonyl (C=O) groups is 1. The highest BCUT2D eigenvalue weighted by atomic mass is 16.2. The minimum absolute atomic E-state index is 0.0110. The lowest BCUT2D eigenvalue weighted by atomic mass is 9.48. The number of carbonyl (C=O) groups excluding carboxylic acids is 1. The number of urea groups is 1. The minimum atomic E-state index is 0.0110. The van der Waals surface area contributed by atoms with Crippen molar-refractivity contribution in [1.82, 2.24) is 10.6 Å². The van der Waals surface area contributed by atoms with Crippen LogP contribution >= 0.6 is 0 Å². The molecule has 25 heavy (non-hydrogen) atoms. The molecule has 0 aromatic heterocycles. The van der Waals surface area contributed by atoms with Crippen molar-refractivity contribution in [3.8, 4) is 0 Å². The summed E-state index contributed by atoms with van der Waals surface area (Å²) in [6.45, 7) is 5.07. The summed E-state index contributed by atoms with van der Waals surface area (Å²) in [4.78, 5) is 12.4. The second-order valence-electron chi connectivity index (χ2n) is 9.08. The lowest BCUT2D eigenvalue weighted by Gasteiger charge is -2.59. The molecule has 0 saturated heterocycles. The van der Waals surface area contributed by atoms with Crippen molar-refractivity contribution in [1.29, 1.82) is 0 Å². The summed E-state index contributed by atoms with van der Waals surface area (Å²) in [6, 6.07) is 8.71. The first-order valence-corrected chi connectivity index (χ1v) is 10.1. The van der Waals surface area contributed by atoms with Crippen LogP contribution in [0, 0.1) is 30.1 Å². The van der Waals surface area contributed by atoms with Crippen molar-refractivity contribution in [2.24, 2.45) is 23.2 Å². The molecule has 1 atom stereocenters. The Labute approximate surface area is 152 Å². The van der Waals surface area contributed by atoms with E-state index in [-0.39, 0.29) is 6.03 Å². The normalized spacial score (nSPS) is 33.9. The fourth-order valence-electron chi connectivity index (χ4n) is 6.31. The van der Waals surface area contributed by atoms with Crippen LogP contribution in [0.15, 0.2) is 24.3 Å². The Bertz CT molecular complexity index is 603. The summed E-state index contributed by atoms with van der Waals surface area (Å²) >= 11 is 0. The van der Waals surface area contributed by atoms with Crippen LogP contribution in [0.2, 0.25) is 0 Å². The van der Waals surface area contributed by atoms with Gasteiger partial charge in [0, 0.05) is 12.6 Å². The highest BCUT2D eigenvalue weighted by Crippen LogP contribution is 2.61. The molecule has 4 aliphatic carbocycles. The molecule has 2 amide bonds. The predicted molar refractivity (Wildman–Crippen MR) is 101 cm³/mol. The van der Waals surface area contributed by atoms with Gasteiger partial charge in [0.05, 0.1) is 0 Å². The first-order chi connectivity index (χ1) is 12.0. The van der Waals surface area contributed by atoms with Gasteiger partial charge in [-0.05, 0) is 93.1 Å². The second kappa shape index (κ2) is 6.66. The maximum atomic E-state index is 12.4. The molecule has 136 valence electrons. The van der Waals surface area contributed by atoms with E-state index >= 15 is 0 Å². The molecule has 3 nitrogen and oxygen atoms in total. The van der Waals surface area contributed by atoms with E-state index in [1.807, 2.05) is 0 Å². The van der Waals surface area contributed by atoms with Gasteiger partial charge in [0.2, 0.25) is 0 Å². The molecule has 1 aromatic rings. The quantitative estimate of drug-likeness (QED) is 0.817. The maximum Gasteiger partial charge on any atom is 0.315 e. The van der Waals surface area contributed by atoms with Crippen LogP contribution in [0.1, 0.15) is 56.6 Å². The summed E-state index contributed by atoms with van der Waals surface area (Å²) in [7, 11) is 0. The van der Waals surface area contributed by atoms with Gasteiger partial charge in [0.15, 0.2) is 0 Å². The van der Waals surface area contributed by atoms with Gasteiger partial charge in [0.1, 0.15) is 0 Å². The molecular formula is C22H32N2O. The third-order valence-corrected chi connectivity index (χ3v) is 7.29. The third kappa shape index (κ3) is 3.43. The molecule has 1 aromatic carbocycles. The van der Waals surface area contributed by atoms with Gasteiger partial charge >= 0.3 is 6.03 Å². The van der Waals surface area contributed by atoms with E-state index in [1.165, 1.54) is 49.7 Å². The van der Waals surface area contributed by atoms with Gasteiger partial charge in [-0.25, -0.2) is 4.79 Å². The average Bonchev–Trinajstić information content (AvgIpc) is 2.55. The zero-order valence-electron chi connectivity index (χ0n) is 15.7. The van der Waals surface area contributed by atoms with Crippen LogP contribution < -0.4 is 10.6 Å². The molecule has 0 aliphatic heterocycles. The van der Waals surface area contributed by atoms with Gasteiger partial charge in [-0.15, -0.1) is 0 Å². The van der Waals surface area contributed by atoms with Crippen LogP contribution in [0.5, 0.6) is 0 Å². The lowest BCUT2D eigenvalue weighted by Crippen LogP contribution is -2.57. The first kappa shape index (κ1) is 16.9. The van der Waals surface area contributed by atoms with E-state index in [9.17, 15) is 4.79 Å². The smallest absolute Gasteiger partial charge is 0.315 e. The number of rotatable bonds is 5. The molecule has 0 spiro atoms. The number of hydrogen-bond acceptors (Lipinski definition) is 1. The fraction of sp³-hybridized carbons (Fsp3) is 0.682. The molecular weight excluding hydrogens is 308 g/mol. The standard InChI is InChI=1S/C22H32N2O/c1-15-5-3-4-6-20(15)7-8-23-21(25)24-16(2)22-12-17-9-18(13-22)11-19(10-17)14-22/h3-6,16-19H,7-14H2,1-2H3,(H2,23,24,25). The topological polar surface area (TPSA) is 41.1 Å². The number of hydrogen-bond donors (Lipinski definition) is 2.